The van der Waals surface area contributed by atoms with Crippen LogP contribution in [0.5, 0.6) is 0 Å². The van der Waals surface area contributed by atoms with E-state index in [2.05, 4.69) is 56.5 Å². The topological polar surface area (TPSA) is 44.8 Å². The van der Waals surface area contributed by atoms with Gasteiger partial charge < -0.3 is 0 Å². The van der Waals surface area contributed by atoms with Crippen molar-refractivity contribution in [1.82, 2.24) is 20.1 Å². The molecule has 0 bridgehead atoms. The van der Waals surface area contributed by atoms with Crippen LogP contribution in [0.1, 0.15) is 17.7 Å². The summed E-state index contributed by atoms with van der Waals surface area (Å²) in [6.07, 6.45) is 6.17. The number of likely N-dealkylation sites (tertiary alicyclic amines) is 1. The SMILES string of the molecule is c1ccc2c(C[C@H]3CCN(Cc4ccn[nH]4)C3)ccnc2c1. The highest BCUT2D eigenvalue weighted by Crippen LogP contribution is 2.25. The van der Waals surface area contributed by atoms with Gasteiger partial charge in [-0.15, -0.1) is 0 Å². The molecule has 1 aliphatic rings. The summed E-state index contributed by atoms with van der Waals surface area (Å²) in [6, 6.07) is 12.7. The number of pyridine rings is 1. The molecule has 1 N–H and O–H groups in total. The maximum absolute atomic E-state index is 4.46. The quantitative estimate of drug-likeness (QED) is 0.804. The molecule has 4 heteroatoms. The van der Waals surface area contributed by atoms with E-state index in [0.717, 1.165) is 30.9 Å². The molecule has 1 aliphatic heterocycles. The van der Waals surface area contributed by atoms with Gasteiger partial charge >= 0.3 is 0 Å². The third kappa shape index (κ3) is 2.74. The standard InChI is InChI=1S/C18H20N4/c1-2-4-18-17(3-1)15(5-8-19-18)11-14-7-10-22(12-14)13-16-6-9-20-21-16/h1-6,8-9,14H,7,10-13H2,(H,20,21)/t14-/m1/s1. The summed E-state index contributed by atoms with van der Waals surface area (Å²) in [5.41, 5.74) is 3.74. The summed E-state index contributed by atoms with van der Waals surface area (Å²) in [5.74, 6) is 0.730. The van der Waals surface area contributed by atoms with Gasteiger partial charge in [0.1, 0.15) is 0 Å². The maximum Gasteiger partial charge on any atom is 0.0704 e. The minimum atomic E-state index is 0.730. The fourth-order valence-corrected chi connectivity index (χ4v) is 3.48. The summed E-state index contributed by atoms with van der Waals surface area (Å²) in [5, 5.41) is 8.38. The lowest BCUT2D eigenvalue weighted by Crippen LogP contribution is -2.20. The van der Waals surface area contributed by atoms with Crippen LogP contribution in [0.25, 0.3) is 10.9 Å². The maximum atomic E-state index is 4.46. The molecule has 4 nitrogen and oxygen atoms in total. The smallest absolute Gasteiger partial charge is 0.0704 e. The molecule has 3 aromatic rings. The molecule has 0 saturated carbocycles. The fourth-order valence-electron chi connectivity index (χ4n) is 3.48. The second-order valence-electron chi connectivity index (χ2n) is 6.16. The summed E-state index contributed by atoms with van der Waals surface area (Å²) >= 11 is 0. The van der Waals surface area contributed by atoms with Crippen molar-refractivity contribution in [3.8, 4) is 0 Å². The van der Waals surface area contributed by atoms with E-state index in [1.165, 1.54) is 29.6 Å². The van der Waals surface area contributed by atoms with Gasteiger partial charge in [-0.25, -0.2) is 0 Å². The summed E-state index contributed by atoms with van der Waals surface area (Å²) in [7, 11) is 0. The highest BCUT2D eigenvalue weighted by molar-refractivity contribution is 5.81. The first-order valence-corrected chi connectivity index (χ1v) is 7.92. The Labute approximate surface area is 130 Å². The molecule has 4 rings (SSSR count). The first-order chi connectivity index (χ1) is 10.9. The van der Waals surface area contributed by atoms with E-state index in [1.54, 1.807) is 0 Å². The molecule has 0 radical (unpaired) electrons. The van der Waals surface area contributed by atoms with Gasteiger partial charge in [0.05, 0.1) is 5.52 Å². The van der Waals surface area contributed by atoms with Crippen LogP contribution in [0.4, 0.5) is 0 Å². The van der Waals surface area contributed by atoms with E-state index in [0.29, 0.717) is 0 Å². The zero-order valence-corrected chi connectivity index (χ0v) is 12.6. The van der Waals surface area contributed by atoms with E-state index in [9.17, 15) is 0 Å². The molecule has 2 aromatic heterocycles. The molecule has 0 amide bonds. The van der Waals surface area contributed by atoms with Crippen LogP contribution in [0.2, 0.25) is 0 Å². The molecule has 1 aromatic carbocycles. The Balaban J connectivity index is 1.45. The highest BCUT2D eigenvalue weighted by Gasteiger charge is 2.23. The van der Waals surface area contributed by atoms with Crippen molar-refractivity contribution in [3.05, 3.63) is 60.0 Å². The third-order valence-corrected chi connectivity index (χ3v) is 4.57. The van der Waals surface area contributed by atoms with Crippen LogP contribution in [-0.2, 0) is 13.0 Å². The van der Waals surface area contributed by atoms with E-state index < -0.39 is 0 Å². The van der Waals surface area contributed by atoms with Gasteiger partial charge in [0.15, 0.2) is 0 Å². The average Bonchev–Trinajstić information content (AvgIpc) is 3.20. The van der Waals surface area contributed by atoms with E-state index in [4.69, 9.17) is 0 Å². The van der Waals surface area contributed by atoms with Crippen LogP contribution >= 0.6 is 0 Å². The Hall–Kier alpha value is -2.20. The molecule has 3 heterocycles. The minimum Gasteiger partial charge on any atom is -0.297 e. The molecule has 1 saturated heterocycles. The molecule has 1 atom stereocenters. The predicted molar refractivity (Wildman–Crippen MR) is 87.4 cm³/mol. The number of para-hydroxylation sites is 1. The van der Waals surface area contributed by atoms with Crippen LogP contribution in [-0.4, -0.2) is 33.2 Å². The van der Waals surface area contributed by atoms with E-state index in [1.807, 2.05) is 12.4 Å². The minimum absolute atomic E-state index is 0.730. The first-order valence-electron chi connectivity index (χ1n) is 7.92. The molecule has 22 heavy (non-hydrogen) atoms. The largest absolute Gasteiger partial charge is 0.297 e. The second kappa shape index (κ2) is 5.89. The van der Waals surface area contributed by atoms with Crippen molar-refractivity contribution in [1.29, 1.82) is 0 Å². The second-order valence-corrected chi connectivity index (χ2v) is 6.16. The van der Waals surface area contributed by atoms with Gasteiger partial charge in [0.2, 0.25) is 0 Å². The van der Waals surface area contributed by atoms with Gasteiger partial charge in [-0.1, -0.05) is 18.2 Å². The Morgan fingerprint density at radius 1 is 1.14 bits per heavy atom. The number of H-pyrrole nitrogens is 1. The van der Waals surface area contributed by atoms with Crippen LogP contribution in [0, 0.1) is 5.92 Å². The highest BCUT2D eigenvalue weighted by atomic mass is 15.2. The first kappa shape index (κ1) is 13.5. The fraction of sp³-hybridized carbons (Fsp3) is 0.333. The number of benzene rings is 1. The molecular weight excluding hydrogens is 272 g/mol. The average molecular weight is 292 g/mol. The van der Waals surface area contributed by atoms with E-state index >= 15 is 0 Å². The van der Waals surface area contributed by atoms with Crippen LogP contribution in [0.3, 0.4) is 0 Å². The lowest BCUT2D eigenvalue weighted by Gasteiger charge is -2.15. The molecular formula is C18H20N4. The molecule has 0 unspecified atom stereocenters. The molecule has 112 valence electrons. The number of hydrogen-bond donors (Lipinski definition) is 1. The van der Waals surface area contributed by atoms with Gasteiger partial charge in [0, 0.05) is 36.6 Å². The van der Waals surface area contributed by atoms with Gasteiger partial charge in [0.25, 0.3) is 0 Å². The summed E-state index contributed by atoms with van der Waals surface area (Å²) in [4.78, 5) is 6.98. The van der Waals surface area contributed by atoms with Crippen molar-refractivity contribution in [2.24, 2.45) is 5.92 Å². The predicted octanol–water partition coefficient (Wildman–Crippen LogP) is 3.02. The third-order valence-electron chi connectivity index (χ3n) is 4.57. The summed E-state index contributed by atoms with van der Waals surface area (Å²) in [6.45, 7) is 3.32. The number of hydrogen-bond acceptors (Lipinski definition) is 3. The van der Waals surface area contributed by atoms with Crippen molar-refractivity contribution in [2.45, 2.75) is 19.4 Å². The van der Waals surface area contributed by atoms with Crippen molar-refractivity contribution < 1.29 is 0 Å². The zero-order chi connectivity index (χ0) is 14.8. The number of nitrogens with zero attached hydrogens (tertiary/aromatic N) is 3. The Kier molecular flexibility index (Phi) is 3.60. The molecule has 0 spiro atoms. The number of nitrogens with one attached hydrogen (secondary N) is 1. The zero-order valence-electron chi connectivity index (χ0n) is 12.6. The Morgan fingerprint density at radius 3 is 3.00 bits per heavy atom. The molecule has 0 aliphatic carbocycles. The monoisotopic (exact) mass is 292 g/mol. The Morgan fingerprint density at radius 2 is 2.09 bits per heavy atom. The number of rotatable bonds is 4. The lowest BCUT2D eigenvalue weighted by molar-refractivity contribution is 0.312. The van der Waals surface area contributed by atoms with Crippen molar-refractivity contribution >= 4 is 10.9 Å². The molecule has 1 fully saturated rings. The van der Waals surface area contributed by atoms with Gasteiger partial charge in [-0.3, -0.25) is 15.0 Å². The Bertz CT molecular complexity index is 745. The van der Waals surface area contributed by atoms with Crippen LogP contribution < -0.4 is 0 Å². The lowest BCUT2D eigenvalue weighted by atomic mass is 9.96. The van der Waals surface area contributed by atoms with Gasteiger partial charge in [-0.05, 0) is 49.1 Å². The number of aromatic amines is 1. The van der Waals surface area contributed by atoms with E-state index in [-0.39, 0.29) is 0 Å². The van der Waals surface area contributed by atoms with Crippen LogP contribution in [0.15, 0.2) is 48.8 Å². The number of aromatic nitrogens is 3. The van der Waals surface area contributed by atoms with Crippen molar-refractivity contribution in [3.63, 3.8) is 0 Å². The van der Waals surface area contributed by atoms with Crippen molar-refractivity contribution in [2.75, 3.05) is 13.1 Å². The number of fused-ring (bicyclic) bond motifs is 1. The van der Waals surface area contributed by atoms with Gasteiger partial charge in [-0.2, -0.15) is 5.10 Å². The normalized spacial score (nSPS) is 19.0. The summed E-state index contributed by atoms with van der Waals surface area (Å²) < 4.78 is 0.